The molecule has 5 nitrogen and oxygen atoms in total. The summed E-state index contributed by atoms with van der Waals surface area (Å²) in [5, 5.41) is 4.91. The molecular formula is C25H24N2O3. The van der Waals surface area contributed by atoms with Crippen LogP contribution in [0.25, 0.3) is 22.5 Å². The molecule has 0 aliphatic carbocycles. The molecule has 152 valence electrons. The van der Waals surface area contributed by atoms with E-state index < -0.39 is 0 Å². The van der Waals surface area contributed by atoms with Crippen molar-refractivity contribution in [3.05, 3.63) is 84.4 Å². The van der Waals surface area contributed by atoms with Crippen molar-refractivity contribution < 1.29 is 14.2 Å². The molecule has 0 spiro atoms. The van der Waals surface area contributed by atoms with Crippen LogP contribution >= 0.6 is 0 Å². The van der Waals surface area contributed by atoms with Gasteiger partial charge in [0.05, 0.1) is 39.3 Å². The Morgan fingerprint density at radius 2 is 1.27 bits per heavy atom. The Morgan fingerprint density at radius 1 is 0.667 bits per heavy atom. The third-order valence-corrected chi connectivity index (χ3v) is 5.00. The average Bonchev–Trinajstić information content (AvgIpc) is 3.23. The van der Waals surface area contributed by atoms with Gasteiger partial charge in [0.25, 0.3) is 0 Å². The number of benzene rings is 3. The summed E-state index contributed by atoms with van der Waals surface area (Å²) in [6, 6.07) is 26.1. The van der Waals surface area contributed by atoms with E-state index >= 15 is 0 Å². The molecule has 0 radical (unpaired) electrons. The second-order valence-corrected chi connectivity index (χ2v) is 6.88. The highest BCUT2D eigenvalue weighted by Crippen LogP contribution is 2.30. The first kappa shape index (κ1) is 19.6. The second kappa shape index (κ2) is 8.74. The Bertz CT molecular complexity index is 1130. The van der Waals surface area contributed by atoms with E-state index in [0.29, 0.717) is 6.54 Å². The number of methoxy groups -OCH3 is 3. The number of hydrogen-bond donors (Lipinski definition) is 0. The molecule has 0 atom stereocenters. The van der Waals surface area contributed by atoms with Crippen LogP contribution in [0.15, 0.2) is 78.9 Å². The first-order chi connectivity index (χ1) is 14.7. The Kier molecular flexibility index (Phi) is 5.70. The van der Waals surface area contributed by atoms with Gasteiger partial charge >= 0.3 is 0 Å². The average molecular weight is 400 g/mol. The fourth-order valence-corrected chi connectivity index (χ4v) is 3.38. The zero-order valence-corrected chi connectivity index (χ0v) is 17.3. The highest BCUT2D eigenvalue weighted by molar-refractivity contribution is 5.70. The molecule has 30 heavy (non-hydrogen) atoms. The van der Waals surface area contributed by atoms with Crippen molar-refractivity contribution in [2.24, 2.45) is 0 Å². The van der Waals surface area contributed by atoms with Crippen molar-refractivity contribution in [1.82, 2.24) is 9.78 Å². The number of hydrogen-bond acceptors (Lipinski definition) is 4. The molecule has 0 bridgehead atoms. The monoisotopic (exact) mass is 400 g/mol. The third kappa shape index (κ3) is 4.15. The quantitative estimate of drug-likeness (QED) is 0.423. The smallest absolute Gasteiger partial charge is 0.119 e. The molecule has 0 amide bonds. The molecule has 1 heterocycles. The van der Waals surface area contributed by atoms with Crippen LogP contribution < -0.4 is 14.2 Å². The molecule has 4 aromatic rings. The molecule has 0 N–H and O–H groups in total. The maximum atomic E-state index is 5.42. The topological polar surface area (TPSA) is 45.5 Å². The Hall–Kier alpha value is -3.73. The molecular weight excluding hydrogens is 376 g/mol. The first-order valence-electron chi connectivity index (χ1n) is 9.70. The van der Waals surface area contributed by atoms with Gasteiger partial charge in [-0.05, 0) is 48.0 Å². The summed E-state index contributed by atoms with van der Waals surface area (Å²) in [5.74, 6) is 2.46. The van der Waals surface area contributed by atoms with E-state index in [1.54, 1.807) is 21.3 Å². The van der Waals surface area contributed by atoms with Crippen molar-refractivity contribution in [1.29, 1.82) is 0 Å². The van der Waals surface area contributed by atoms with Crippen molar-refractivity contribution in [2.45, 2.75) is 6.54 Å². The molecule has 3 aromatic carbocycles. The van der Waals surface area contributed by atoms with Crippen molar-refractivity contribution in [2.75, 3.05) is 21.3 Å². The highest BCUT2D eigenvalue weighted by atomic mass is 16.5. The predicted octanol–water partition coefficient (Wildman–Crippen LogP) is 5.29. The Balaban J connectivity index is 1.77. The summed E-state index contributed by atoms with van der Waals surface area (Å²) in [5.41, 5.74) is 5.10. The minimum Gasteiger partial charge on any atom is -0.497 e. The van der Waals surface area contributed by atoms with Crippen LogP contribution in [0.2, 0.25) is 0 Å². The van der Waals surface area contributed by atoms with Gasteiger partial charge in [0, 0.05) is 11.1 Å². The lowest BCUT2D eigenvalue weighted by atomic mass is 10.1. The second-order valence-electron chi connectivity index (χ2n) is 6.88. The van der Waals surface area contributed by atoms with E-state index in [0.717, 1.165) is 45.3 Å². The van der Waals surface area contributed by atoms with E-state index in [-0.39, 0.29) is 0 Å². The molecule has 1 aromatic heterocycles. The van der Waals surface area contributed by atoms with Gasteiger partial charge in [0.15, 0.2) is 0 Å². The third-order valence-electron chi connectivity index (χ3n) is 5.00. The number of aromatic nitrogens is 2. The maximum Gasteiger partial charge on any atom is 0.119 e. The Labute approximate surface area is 176 Å². The maximum absolute atomic E-state index is 5.42. The van der Waals surface area contributed by atoms with E-state index in [1.807, 2.05) is 59.3 Å². The molecule has 0 saturated heterocycles. The molecule has 5 heteroatoms. The predicted molar refractivity (Wildman–Crippen MR) is 118 cm³/mol. The lowest BCUT2D eigenvalue weighted by molar-refractivity contribution is 0.414. The van der Waals surface area contributed by atoms with E-state index in [2.05, 4.69) is 24.3 Å². The number of ether oxygens (including phenoxy) is 3. The van der Waals surface area contributed by atoms with Crippen LogP contribution in [0.3, 0.4) is 0 Å². The van der Waals surface area contributed by atoms with Gasteiger partial charge < -0.3 is 14.2 Å². The van der Waals surface area contributed by atoms with E-state index in [1.165, 1.54) is 0 Å². The van der Waals surface area contributed by atoms with Crippen LogP contribution in [0.1, 0.15) is 5.56 Å². The van der Waals surface area contributed by atoms with Gasteiger partial charge in [-0.3, -0.25) is 4.68 Å². The van der Waals surface area contributed by atoms with Gasteiger partial charge in [-0.15, -0.1) is 0 Å². The molecule has 0 aliphatic rings. The van der Waals surface area contributed by atoms with E-state index in [9.17, 15) is 0 Å². The Morgan fingerprint density at radius 3 is 1.90 bits per heavy atom. The molecule has 0 saturated carbocycles. The molecule has 0 unspecified atom stereocenters. The van der Waals surface area contributed by atoms with Gasteiger partial charge in [0.1, 0.15) is 17.2 Å². The van der Waals surface area contributed by atoms with Crippen molar-refractivity contribution >= 4 is 0 Å². The SMILES string of the molecule is COc1ccc(Cn2nc(-c3cccc(OC)c3)cc2-c2cccc(OC)c2)cc1. The van der Waals surface area contributed by atoms with Gasteiger partial charge in [-0.25, -0.2) is 0 Å². The summed E-state index contributed by atoms with van der Waals surface area (Å²) in [6.07, 6.45) is 0. The van der Waals surface area contributed by atoms with Crippen LogP contribution in [-0.4, -0.2) is 31.1 Å². The zero-order valence-electron chi connectivity index (χ0n) is 17.3. The van der Waals surface area contributed by atoms with Crippen molar-refractivity contribution in [3.63, 3.8) is 0 Å². The van der Waals surface area contributed by atoms with Crippen molar-refractivity contribution in [3.8, 4) is 39.8 Å². The fraction of sp³-hybridized carbons (Fsp3) is 0.160. The normalized spacial score (nSPS) is 10.6. The van der Waals surface area contributed by atoms with Crippen LogP contribution in [0, 0.1) is 0 Å². The highest BCUT2D eigenvalue weighted by Gasteiger charge is 2.13. The minimum absolute atomic E-state index is 0.639. The summed E-state index contributed by atoms with van der Waals surface area (Å²) >= 11 is 0. The lowest BCUT2D eigenvalue weighted by Crippen LogP contribution is -2.04. The van der Waals surface area contributed by atoms with Gasteiger partial charge in [0.2, 0.25) is 0 Å². The van der Waals surface area contributed by atoms with E-state index in [4.69, 9.17) is 19.3 Å². The van der Waals surface area contributed by atoms with Crippen LogP contribution in [0.5, 0.6) is 17.2 Å². The van der Waals surface area contributed by atoms with Crippen LogP contribution in [0.4, 0.5) is 0 Å². The molecule has 0 fully saturated rings. The first-order valence-corrected chi connectivity index (χ1v) is 9.70. The summed E-state index contributed by atoms with van der Waals surface area (Å²) < 4.78 is 18.1. The summed E-state index contributed by atoms with van der Waals surface area (Å²) in [4.78, 5) is 0. The lowest BCUT2D eigenvalue weighted by Gasteiger charge is -2.09. The minimum atomic E-state index is 0.639. The largest absolute Gasteiger partial charge is 0.497 e. The van der Waals surface area contributed by atoms with Gasteiger partial charge in [-0.1, -0.05) is 36.4 Å². The summed E-state index contributed by atoms with van der Waals surface area (Å²) in [6.45, 7) is 0.639. The molecule has 4 rings (SSSR count). The number of rotatable bonds is 7. The van der Waals surface area contributed by atoms with Crippen LogP contribution in [-0.2, 0) is 6.54 Å². The standard InChI is InChI=1S/C25H24N2O3/c1-28-21-12-10-18(11-13-21)17-27-25(20-7-5-9-23(15-20)30-3)16-24(26-27)19-6-4-8-22(14-19)29-2/h4-16H,17H2,1-3H3. The molecule has 0 aliphatic heterocycles. The van der Waals surface area contributed by atoms with Gasteiger partial charge in [-0.2, -0.15) is 5.10 Å². The zero-order chi connectivity index (χ0) is 20.9. The summed E-state index contributed by atoms with van der Waals surface area (Å²) in [7, 11) is 5.02. The fourth-order valence-electron chi connectivity index (χ4n) is 3.38. The number of nitrogens with zero attached hydrogens (tertiary/aromatic N) is 2.